The van der Waals surface area contributed by atoms with Gasteiger partial charge in [-0.25, -0.2) is 8.42 Å². The van der Waals surface area contributed by atoms with E-state index in [-0.39, 0.29) is 5.56 Å². The molecular formula is C12H17N3O4S2. The number of rotatable bonds is 4. The second kappa shape index (κ2) is 6.12. The molecule has 0 spiro atoms. The molecular weight excluding hydrogens is 314 g/mol. The summed E-state index contributed by atoms with van der Waals surface area (Å²) >= 11 is 1.18. The number of carbonyl (C=O) groups excluding carboxylic acids is 2. The molecule has 1 unspecified atom stereocenters. The summed E-state index contributed by atoms with van der Waals surface area (Å²) in [4.78, 5) is 23.6. The Hall–Kier alpha value is -1.45. The third-order valence-electron chi connectivity index (χ3n) is 3.35. The molecule has 0 radical (unpaired) electrons. The molecule has 1 aromatic rings. The molecule has 7 nitrogen and oxygen atoms in total. The summed E-state index contributed by atoms with van der Waals surface area (Å²) < 4.78 is 24.7. The zero-order valence-electron chi connectivity index (χ0n) is 11.5. The van der Waals surface area contributed by atoms with Gasteiger partial charge in [0.05, 0.1) is 11.8 Å². The summed E-state index contributed by atoms with van der Waals surface area (Å²) in [6.45, 7) is 0.337. The molecule has 21 heavy (non-hydrogen) atoms. The highest BCUT2D eigenvalue weighted by Gasteiger charge is 2.34. The van der Waals surface area contributed by atoms with Gasteiger partial charge in [-0.3, -0.25) is 9.59 Å². The Kier molecular flexibility index (Phi) is 4.64. The fourth-order valence-corrected chi connectivity index (χ4v) is 4.28. The van der Waals surface area contributed by atoms with Gasteiger partial charge in [0.25, 0.3) is 5.91 Å². The minimum atomic E-state index is -3.44. The molecule has 2 amide bonds. The lowest BCUT2D eigenvalue weighted by atomic mass is 10.0. The highest BCUT2D eigenvalue weighted by Crippen LogP contribution is 2.25. The van der Waals surface area contributed by atoms with Gasteiger partial charge in [0.2, 0.25) is 15.9 Å². The van der Waals surface area contributed by atoms with Crippen molar-refractivity contribution >= 4 is 38.2 Å². The van der Waals surface area contributed by atoms with Crippen molar-refractivity contribution < 1.29 is 18.0 Å². The lowest BCUT2D eigenvalue weighted by Gasteiger charge is -2.32. The van der Waals surface area contributed by atoms with Crippen molar-refractivity contribution in [2.45, 2.75) is 25.3 Å². The molecule has 3 N–H and O–H groups in total. The average molecular weight is 331 g/mol. The highest BCUT2D eigenvalue weighted by atomic mass is 32.2. The fourth-order valence-electron chi connectivity index (χ4n) is 2.36. The first-order valence-corrected chi connectivity index (χ1v) is 9.18. The van der Waals surface area contributed by atoms with Gasteiger partial charge < -0.3 is 11.1 Å². The van der Waals surface area contributed by atoms with E-state index in [1.165, 1.54) is 21.7 Å². The topological polar surface area (TPSA) is 110 Å². The maximum Gasteiger partial charge on any atom is 0.251 e. The maximum atomic E-state index is 12.3. The molecule has 1 saturated heterocycles. The van der Waals surface area contributed by atoms with Crippen LogP contribution in [0.4, 0.5) is 5.00 Å². The van der Waals surface area contributed by atoms with Crippen LogP contribution in [0.2, 0.25) is 0 Å². The number of piperidine rings is 1. The van der Waals surface area contributed by atoms with Gasteiger partial charge in [0.1, 0.15) is 11.0 Å². The maximum absolute atomic E-state index is 12.3. The van der Waals surface area contributed by atoms with Crippen molar-refractivity contribution in [3.63, 3.8) is 0 Å². The van der Waals surface area contributed by atoms with Crippen LogP contribution in [-0.2, 0) is 14.8 Å². The van der Waals surface area contributed by atoms with Crippen LogP contribution in [0.5, 0.6) is 0 Å². The third-order valence-corrected chi connectivity index (χ3v) is 5.47. The Morgan fingerprint density at radius 1 is 1.43 bits per heavy atom. The summed E-state index contributed by atoms with van der Waals surface area (Å²) in [6.07, 6.45) is 3.09. The molecule has 1 aromatic heterocycles. The Bertz CT molecular complexity index is 653. The predicted molar refractivity (Wildman–Crippen MR) is 80.7 cm³/mol. The Labute approximate surface area is 127 Å². The molecule has 0 saturated carbocycles. The zero-order chi connectivity index (χ0) is 15.6. The third kappa shape index (κ3) is 3.60. The first kappa shape index (κ1) is 15.9. The van der Waals surface area contributed by atoms with Crippen LogP contribution in [-0.4, -0.2) is 43.4 Å². The highest BCUT2D eigenvalue weighted by molar-refractivity contribution is 7.88. The van der Waals surface area contributed by atoms with Crippen LogP contribution >= 0.6 is 11.3 Å². The number of hydrogen-bond donors (Lipinski definition) is 2. The van der Waals surface area contributed by atoms with Crippen LogP contribution in [0.3, 0.4) is 0 Å². The second-order valence-electron chi connectivity index (χ2n) is 4.90. The molecule has 1 fully saturated rings. The number of amides is 2. The van der Waals surface area contributed by atoms with E-state index in [1.807, 2.05) is 0 Å². The zero-order valence-corrected chi connectivity index (χ0v) is 13.2. The monoisotopic (exact) mass is 331 g/mol. The molecule has 1 aliphatic rings. The first-order chi connectivity index (χ1) is 9.80. The van der Waals surface area contributed by atoms with Crippen molar-refractivity contribution in [3.8, 4) is 0 Å². The number of anilines is 1. The number of nitrogens with one attached hydrogen (secondary N) is 1. The Morgan fingerprint density at radius 3 is 2.76 bits per heavy atom. The van der Waals surface area contributed by atoms with Crippen LogP contribution in [0.25, 0.3) is 0 Å². The van der Waals surface area contributed by atoms with Gasteiger partial charge in [0, 0.05) is 6.54 Å². The fraction of sp³-hybridized carbons (Fsp3) is 0.500. The second-order valence-corrected chi connectivity index (χ2v) is 7.75. The molecule has 9 heteroatoms. The summed E-state index contributed by atoms with van der Waals surface area (Å²) in [5, 5.41) is 4.61. The number of primary amides is 1. The summed E-state index contributed by atoms with van der Waals surface area (Å²) in [6, 6.07) is 0.786. The molecule has 2 heterocycles. The number of hydrogen-bond acceptors (Lipinski definition) is 5. The van der Waals surface area contributed by atoms with E-state index >= 15 is 0 Å². The SMILES string of the molecule is CS(=O)(=O)N1CCCCC1C(=O)Nc1sccc1C(N)=O. The van der Waals surface area contributed by atoms with Crippen LogP contribution in [0.15, 0.2) is 11.4 Å². The Balaban J connectivity index is 2.18. The van der Waals surface area contributed by atoms with Gasteiger partial charge >= 0.3 is 0 Å². The van der Waals surface area contributed by atoms with Crippen LogP contribution in [0.1, 0.15) is 29.6 Å². The molecule has 1 aliphatic heterocycles. The van der Waals surface area contributed by atoms with E-state index in [9.17, 15) is 18.0 Å². The van der Waals surface area contributed by atoms with E-state index in [1.54, 1.807) is 5.38 Å². The molecule has 116 valence electrons. The largest absolute Gasteiger partial charge is 0.366 e. The van der Waals surface area contributed by atoms with Crippen LogP contribution in [0, 0.1) is 0 Å². The number of sulfonamides is 1. The number of thiophene rings is 1. The van der Waals surface area contributed by atoms with Gasteiger partial charge in [0.15, 0.2) is 0 Å². The van der Waals surface area contributed by atoms with Gasteiger partial charge in [-0.05, 0) is 24.3 Å². The molecule has 0 bridgehead atoms. The smallest absolute Gasteiger partial charge is 0.251 e. The number of nitrogens with two attached hydrogens (primary N) is 1. The standard InChI is InChI=1S/C12H17N3O4S2/c1-21(18,19)15-6-3-2-4-9(15)11(17)14-12-8(10(13)16)5-7-20-12/h5,7,9H,2-4,6H2,1H3,(H2,13,16)(H,14,17). The lowest BCUT2D eigenvalue weighted by molar-refractivity contribution is -0.120. The van der Waals surface area contributed by atoms with Gasteiger partial charge in [-0.1, -0.05) is 6.42 Å². The van der Waals surface area contributed by atoms with E-state index < -0.39 is 27.9 Å². The normalized spacial score (nSPS) is 20.1. The van der Waals surface area contributed by atoms with Crippen molar-refractivity contribution in [1.82, 2.24) is 4.31 Å². The van der Waals surface area contributed by atoms with Gasteiger partial charge in [-0.15, -0.1) is 11.3 Å². The number of nitrogens with zero attached hydrogens (tertiary/aromatic N) is 1. The van der Waals surface area contributed by atoms with E-state index in [0.29, 0.717) is 18.0 Å². The first-order valence-electron chi connectivity index (χ1n) is 6.45. The predicted octanol–water partition coefficient (Wildman–Crippen LogP) is 0.600. The summed E-state index contributed by atoms with van der Waals surface area (Å²) in [5.41, 5.74) is 5.45. The van der Waals surface area contributed by atoms with E-state index in [4.69, 9.17) is 5.73 Å². The molecule has 0 aromatic carbocycles. The minimum Gasteiger partial charge on any atom is -0.366 e. The lowest BCUT2D eigenvalue weighted by Crippen LogP contribution is -2.49. The molecule has 2 rings (SSSR count). The van der Waals surface area contributed by atoms with E-state index in [2.05, 4.69) is 5.32 Å². The average Bonchev–Trinajstić information content (AvgIpc) is 2.86. The minimum absolute atomic E-state index is 0.232. The van der Waals surface area contributed by atoms with Crippen LogP contribution < -0.4 is 11.1 Å². The van der Waals surface area contributed by atoms with Crippen molar-refractivity contribution in [2.24, 2.45) is 5.73 Å². The Morgan fingerprint density at radius 2 is 2.14 bits per heavy atom. The quantitative estimate of drug-likeness (QED) is 0.842. The van der Waals surface area contributed by atoms with Crippen molar-refractivity contribution in [3.05, 3.63) is 17.0 Å². The van der Waals surface area contributed by atoms with Crippen molar-refractivity contribution in [1.29, 1.82) is 0 Å². The molecule has 1 atom stereocenters. The van der Waals surface area contributed by atoms with Gasteiger partial charge in [-0.2, -0.15) is 4.31 Å². The van der Waals surface area contributed by atoms with E-state index in [0.717, 1.165) is 19.1 Å². The summed E-state index contributed by atoms with van der Waals surface area (Å²) in [7, 11) is -3.44. The summed E-state index contributed by atoms with van der Waals surface area (Å²) in [5.74, 6) is -1.06. The number of carbonyl (C=O) groups is 2. The molecule has 0 aliphatic carbocycles. The van der Waals surface area contributed by atoms with Crippen molar-refractivity contribution in [2.75, 3.05) is 18.1 Å².